The third kappa shape index (κ3) is 5.37. The number of allylic oxidation sites excluding steroid dienone is 4. The van der Waals surface area contributed by atoms with Crippen LogP contribution in [0.3, 0.4) is 0 Å². The molecule has 58 heavy (non-hydrogen) atoms. The Labute approximate surface area is 342 Å². The molecule has 0 amide bonds. The summed E-state index contributed by atoms with van der Waals surface area (Å²) < 4.78 is 7.42. The van der Waals surface area contributed by atoms with Crippen molar-refractivity contribution >= 4 is 90.4 Å². The van der Waals surface area contributed by atoms with Crippen molar-refractivity contribution in [3.63, 3.8) is 0 Å². The molecule has 274 valence electrons. The molecule has 0 bridgehead atoms. The van der Waals surface area contributed by atoms with E-state index in [0.717, 1.165) is 23.1 Å². The van der Waals surface area contributed by atoms with E-state index in [0.29, 0.717) is 23.4 Å². The van der Waals surface area contributed by atoms with Crippen molar-refractivity contribution in [2.24, 2.45) is 5.92 Å². The maximum Gasteiger partial charge on any atom is 0.165 e. The minimum Gasteiger partial charge on any atom is -0.309 e. The first-order valence-corrected chi connectivity index (χ1v) is 21.4. The largest absolute Gasteiger partial charge is 0.309 e. The van der Waals surface area contributed by atoms with Gasteiger partial charge in [0.25, 0.3) is 0 Å². The number of benzene rings is 7. The molecule has 0 fully saturated rings. The molecule has 0 saturated carbocycles. The zero-order valence-corrected chi connectivity index (χ0v) is 33.2. The van der Waals surface area contributed by atoms with Gasteiger partial charge in [0.05, 0.1) is 11.0 Å². The van der Waals surface area contributed by atoms with Gasteiger partial charge >= 0.3 is 0 Å². The summed E-state index contributed by atoms with van der Waals surface area (Å²) in [5, 5.41) is 7.60. The van der Waals surface area contributed by atoms with Crippen LogP contribution in [0.15, 0.2) is 170 Å². The highest BCUT2D eigenvalue weighted by molar-refractivity contribution is 7.26. The van der Waals surface area contributed by atoms with E-state index >= 15 is 0 Å². The molecule has 6 heteroatoms. The fourth-order valence-electron chi connectivity index (χ4n) is 8.67. The lowest BCUT2D eigenvalue weighted by Gasteiger charge is -2.13. The summed E-state index contributed by atoms with van der Waals surface area (Å²) in [4.78, 5) is 15.2. The molecule has 0 aliphatic heterocycles. The van der Waals surface area contributed by atoms with Crippen molar-refractivity contribution in [2.45, 2.75) is 13.3 Å². The average molecular weight is 779 g/mol. The van der Waals surface area contributed by atoms with Crippen molar-refractivity contribution in [3.8, 4) is 39.6 Å². The third-order valence-electron chi connectivity index (χ3n) is 11.6. The zero-order chi connectivity index (χ0) is 38.3. The highest BCUT2D eigenvalue weighted by Crippen LogP contribution is 2.43. The van der Waals surface area contributed by atoms with Crippen LogP contribution in [0.5, 0.6) is 0 Å². The third-order valence-corrected chi connectivity index (χ3v) is 14.0. The predicted octanol–water partition coefficient (Wildman–Crippen LogP) is 14.7. The molecule has 1 atom stereocenters. The van der Waals surface area contributed by atoms with Crippen LogP contribution >= 0.6 is 22.7 Å². The molecule has 0 N–H and O–H groups in total. The quantitative estimate of drug-likeness (QED) is 0.175. The molecular weight excluding hydrogens is 745 g/mol. The van der Waals surface area contributed by atoms with Gasteiger partial charge in [-0.2, -0.15) is 0 Å². The summed E-state index contributed by atoms with van der Waals surface area (Å²) in [6, 6.07) is 55.0. The van der Waals surface area contributed by atoms with E-state index in [1.165, 1.54) is 79.0 Å². The van der Waals surface area contributed by atoms with Gasteiger partial charge in [-0.1, -0.05) is 122 Å². The van der Waals surface area contributed by atoms with E-state index in [9.17, 15) is 0 Å². The highest BCUT2D eigenvalue weighted by atomic mass is 32.1. The molecule has 0 radical (unpaired) electrons. The van der Waals surface area contributed by atoms with Gasteiger partial charge in [0, 0.05) is 73.5 Å². The van der Waals surface area contributed by atoms with E-state index in [2.05, 4.69) is 163 Å². The lowest BCUT2D eigenvalue weighted by Crippen LogP contribution is -2.04. The van der Waals surface area contributed by atoms with Gasteiger partial charge in [-0.15, -0.1) is 22.7 Å². The molecule has 1 unspecified atom stereocenters. The van der Waals surface area contributed by atoms with Gasteiger partial charge in [0.15, 0.2) is 17.5 Å². The van der Waals surface area contributed by atoms with E-state index in [4.69, 9.17) is 15.0 Å². The molecule has 0 saturated heterocycles. The number of para-hydroxylation sites is 2. The Morgan fingerprint density at radius 3 is 1.90 bits per heavy atom. The first-order valence-electron chi connectivity index (χ1n) is 19.7. The van der Waals surface area contributed by atoms with Crippen LogP contribution in [0.25, 0.3) is 107 Å². The van der Waals surface area contributed by atoms with Crippen LogP contribution in [-0.4, -0.2) is 19.5 Å². The number of aromatic nitrogens is 4. The molecular formula is C52H34N4S2. The number of thiophene rings is 2. The summed E-state index contributed by atoms with van der Waals surface area (Å²) in [7, 11) is 0. The number of nitrogens with zero attached hydrogens (tertiary/aromatic N) is 4. The summed E-state index contributed by atoms with van der Waals surface area (Å²) in [5.74, 6) is 2.61. The molecule has 1 aliphatic rings. The minimum absolute atomic E-state index is 0.508. The Bertz CT molecular complexity index is 3460. The molecule has 11 aromatic rings. The first-order chi connectivity index (χ1) is 28.6. The zero-order valence-electron chi connectivity index (χ0n) is 31.6. The van der Waals surface area contributed by atoms with Gasteiger partial charge < -0.3 is 4.57 Å². The van der Waals surface area contributed by atoms with Crippen molar-refractivity contribution in [2.75, 3.05) is 0 Å². The molecule has 4 nitrogen and oxygen atoms in total. The van der Waals surface area contributed by atoms with Crippen molar-refractivity contribution in [1.29, 1.82) is 0 Å². The van der Waals surface area contributed by atoms with Crippen LogP contribution in [0.1, 0.15) is 19.2 Å². The fraction of sp³-hybridized carbons (Fsp3) is 0.0577. The van der Waals surface area contributed by atoms with Crippen LogP contribution in [0.2, 0.25) is 0 Å². The van der Waals surface area contributed by atoms with E-state index in [-0.39, 0.29) is 0 Å². The maximum absolute atomic E-state index is 5.12. The summed E-state index contributed by atoms with van der Waals surface area (Å²) >= 11 is 3.68. The molecule has 4 heterocycles. The smallest absolute Gasteiger partial charge is 0.165 e. The van der Waals surface area contributed by atoms with Crippen molar-refractivity contribution in [3.05, 3.63) is 176 Å². The Balaban J connectivity index is 0.951. The average Bonchev–Trinajstić information content (AvgIpc) is 3.95. The predicted molar refractivity (Wildman–Crippen MR) is 247 cm³/mol. The molecule has 12 rings (SSSR count). The monoisotopic (exact) mass is 778 g/mol. The Kier molecular flexibility index (Phi) is 7.59. The fourth-order valence-corrected chi connectivity index (χ4v) is 11.0. The van der Waals surface area contributed by atoms with Crippen LogP contribution in [-0.2, 0) is 0 Å². The standard InChI is InChI=1S/C52H34N4S2/c1-31-18-20-33(21-19-31)51-53-50(32-10-3-2-4-11-32)54-52(55-51)41-15-9-14-40-43-29-35(23-27-47(43)58-49(40)41)34-22-26-46-42(28-34)39-25-24-36(30-48(39)57-46)56-44-16-7-5-12-37(44)38-13-6-8-17-45(38)56/h2-18,20-31H,19H2,1H3. The first kappa shape index (κ1) is 33.4. The van der Waals surface area contributed by atoms with E-state index in [1.807, 2.05) is 40.9 Å². The maximum atomic E-state index is 5.12. The van der Waals surface area contributed by atoms with Gasteiger partial charge in [-0.3, -0.25) is 0 Å². The van der Waals surface area contributed by atoms with Gasteiger partial charge in [-0.05, 0) is 78.1 Å². The summed E-state index contributed by atoms with van der Waals surface area (Å²) in [6.07, 6.45) is 7.63. The normalized spacial score (nSPS) is 14.4. The molecule has 1 aliphatic carbocycles. The molecule has 0 spiro atoms. The topological polar surface area (TPSA) is 43.6 Å². The SMILES string of the molecule is CC1C=CC(c2nc(-c3ccccc3)nc(-c3cccc4c3sc3ccc(-c5ccc6sc7cc(-n8c9ccccc9c9ccccc98)ccc7c6c5)cc34)n2)=CC1. The Morgan fingerprint density at radius 1 is 0.500 bits per heavy atom. The van der Waals surface area contributed by atoms with E-state index in [1.54, 1.807) is 0 Å². The summed E-state index contributed by atoms with van der Waals surface area (Å²) in [6.45, 7) is 2.23. The highest BCUT2D eigenvalue weighted by Gasteiger charge is 2.19. The number of fused-ring (bicyclic) bond motifs is 9. The molecule has 4 aromatic heterocycles. The molecule has 7 aromatic carbocycles. The van der Waals surface area contributed by atoms with Crippen LogP contribution in [0.4, 0.5) is 0 Å². The lowest BCUT2D eigenvalue weighted by molar-refractivity contribution is 0.738. The Morgan fingerprint density at radius 2 is 1.16 bits per heavy atom. The van der Waals surface area contributed by atoms with Crippen molar-refractivity contribution in [1.82, 2.24) is 19.5 Å². The number of hydrogen-bond acceptors (Lipinski definition) is 5. The van der Waals surface area contributed by atoms with Gasteiger partial charge in [0.2, 0.25) is 0 Å². The number of rotatable bonds is 5. The number of hydrogen-bond donors (Lipinski definition) is 0. The van der Waals surface area contributed by atoms with Crippen LogP contribution in [0, 0.1) is 5.92 Å². The minimum atomic E-state index is 0.508. The Hall–Kier alpha value is -6.73. The van der Waals surface area contributed by atoms with Crippen molar-refractivity contribution < 1.29 is 0 Å². The van der Waals surface area contributed by atoms with Gasteiger partial charge in [0.1, 0.15) is 0 Å². The lowest BCUT2D eigenvalue weighted by atomic mass is 9.98. The van der Waals surface area contributed by atoms with Gasteiger partial charge in [-0.25, -0.2) is 15.0 Å². The second-order valence-electron chi connectivity index (χ2n) is 15.3. The van der Waals surface area contributed by atoms with E-state index < -0.39 is 0 Å². The van der Waals surface area contributed by atoms with Crippen LogP contribution < -0.4 is 0 Å². The summed E-state index contributed by atoms with van der Waals surface area (Å²) in [5.41, 5.74) is 9.13. The second kappa shape index (κ2) is 13.2. The second-order valence-corrected chi connectivity index (χ2v) is 17.4.